The fraction of sp³-hybridized carbons (Fsp3) is 0.417. The predicted molar refractivity (Wildman–Crippen MR) is 78.4 cm³/mol. The van der Waals surface area contributed by atoms with E-state index in [1.165, 1.54) is 7.11 Å². The van der Waals surface area contributed by atoms with Crippen molar-refractivity contribution in [2.75, 3.05) is 14.2 Å². The minimum absolute atomic E-state index is 0. The normalized spacial score (nSPS) is 8.95. The molecule has 0 amide bonds. The van der Waals surface area contributed by atoms with Crippen molar-refractivity contribution in [1.29, 1.82) is 0 Å². The van der Waals surface area contributed by atoms with Crippen LogP contribution in [0.3, 0.4) is 0 Å². The summed E-state index contributed by atoms with van der Waals surface area (Å²) < 4.78 is 9.56. The maximum absolute atomic E-state index is 11.0. The van der Waals surface area contributed by atoms with E-state index < -0.39 is 0 Å². The van der Waals surface area contributed by atoms with Crippen molar-refractivity contribution in [3.05, 3.63) is 29.8 Å². The van der Waals surface area contributed by atoms with E-state index in [9.17, 15) is 4.79 Å². The van der Waals surface area contributed by atoms with Crippen LogP contribution in [-0.4, -0.2) is 39.6 Å². The molecular weight excluding hydrogens is 355 g/mol. The second-order valence-corrected chi connectivity index (χ2v) is 3.16. The van der Waals surface area contributed by atoms with Crippen LogP contribution in [0.15, 0.2) is 24.3 Å². The molecule has 1 atom stereocenters. The molecule has 0 aromatic heterocycles. The summed E-state index contributed by atoms with van der Waals surface area (Å²) in [7, 11) is 2.95. The Balaban J connectivity index is -0.0000000937. The number of nitrogens with two attached hydrogens (primary N) is 1. The summed E-state index contributed by atoms with van der Waals surface area (Å²) in [4.78, 5) is 11.0. The van der Waals surface area contributed by atoms with Gasteiger partial charge in [0.25, 0.3) is 0 Å². The van der Waals surface area contributed by atoms with E-state index in [4.69, 9.17) is 10.5 Å². The second kappa shape index (κ2) is 16.2. The second-order valence-electron chi connectivity index (χ2n) is 3.16. The first-order valence-electron chi connectivity index (χ1n) is 4.63. The molecule has 0 aliphatic rings. The zero-order valence-electron chi connectivity index (χ0n) is 10.8. The largest absolute Gasteiger partial charge is 0.497 e. The molecule has 6 nitrogen and oxygen atoms in total. The molecule has 0 saturated heterocycles. The minimum Gasteiger partial charge on any atom is -0.497 e. The Morgan fingerprint density at radius 3 is 2.05 bits per heavy atom. The monoisotopic (exact) mass is 380 g/mol. The molecule has 1 rings (SSSR count). The van der Waals surface area contributed by atoms with Crippen LogP contribution < -0.4 is 10.5 Å². The Kier molecular flexibility index (Phi) is 25.4. The average Bonchev–Trinajstić information content (AvgIpc) is 2.29. The van der Waals surface area contributed by atoms with E-state index in [0.717, 1.165) is 11.3 Å². The van der Waals surface area contributed by atoms with Gasteiger partial charge in [0.05, 0.1) is 20.6 Å². The molecule has 0 saturated carbocycles. The quantitative estimate of drug-likeness (QED) is 0.588. The molecule has 8 heteroatoms. The van der Waals surface area contributed by atoms with Crippen molar-refractivity contribution >= 4 is 14.4 Å². The number of carbonyl (C=O) groups excluding carboxylic acids is 1. The van der Waals surface area contributed by atoms with Crippen LogP contribution in [0.4, 0.5) is 0 Å². The van der Waals surface area contributed by atoms with E-state index in [0.29, 0.717) is 0 Å². The van der Waals surface area contributed by atoms with Crippen molar-refractivity contribution in [2.45, 2.75) is 19.9 Å². The van der Waals surface area contributed by atoms with Crippen LogP contribution in [0.1, 0.15) is 26.9 Å². The third-order valence-electron chi connectivity index (χ3n) is 2.16. The van der Waals surface area contributed by atoms with E-state index >= 15 is 0 Å². The van der Waals surface area contributed by atoms with Gasteiger partial charge in [0.1, 0.15) is 5.75 Å². The average molecular weight is 381 g/mol. The van der Waals surface area contributed by atoms with Gasteiger partial charge in [0.15, 0.2) is 0 Å². The molecule has 0 fully saturated rings. The van der Waals surface area contributed by atoms with Crippen LogP contribution in [0, 0.1) is 0 Å². The van der Waals surface area contributed by atoms with Gasteiger partial charge in [-0.3, -0.25) is 4.79 Å². The summed E-state index contributed by atoms with van der Waals surface area (Å²) in [5, 5.41) is 0. The Bertz CT molecular complexity index is 343. The number of methoxy groups -OCH3 is 2. The molecule has 3 radical (unpaired) electrons. The SMILES string of the molecule is C.COC(=O)C[C@H](N)c1ccc(OC)cc1.O.O.[B].[HH].[Pd]. The molecule has 121 valence electrons. The molecule has 0 heterocycles. The van der Waals surface area contributed by atoms with Gasteiger partial charge in [-0.2, -0.15) is 0 Å². The van der Waals surface area contributed by atoms with Gasteiger partial charge in [-0.25, -0.2) is 0 Å². The van der Waals surface area contributed by atoms with Gasteiger partial charge >= 0.3 is 5.97 Å². The van der Waals surface area contributed by atoms with Crippen LogP contribution in [0.5, 0.6) is 5.75 Å². The van der Waals surface area contributed by atoms with E-state index in [-0.39, 0.29) is 67.1 Å². The molecule has 20 heavy (non-hydrogen) atoms. The van der Waals surface area contributed by atoms with Crippen molar-refractivity contribution in [3.8, 4) is 5.75 Å². The molecule has 6 N–H and O–H groups in total. The number of esters is 1. The maximum Gasteiger partial charge on any atom is 0.307 e. The number of ether oxygens (including phenoxy) is 2. The smallest absolute Gasteiger partial charge is 0.307 e. The summed E-state index contributed by atoms with van der Waals surface area (Å²) in [5.74, 6) is 0.460. The van der Waals surface area contributed by atoms with E-state index in [1.807, 2.05) is 24.3 Å². The summed E-state index contributed by atoms with van der Waals surface area (Å²) in [6, 6.07) is 6.97. The number of hydrogen-bond donors (Lipinski definition) is 1. The first-order valence-corrected chi connectivity index (χ1v) is 4.63. The Hall–Kier alpha value is -0.903. The van der Waals surface area contributed by atoms with Gasteiger partial charge in [-0.05, 0) is 17.7 Å². The minimum atomic E-state index is -0.330. The molecular formula is C12H25BNO5Pd. The molecule has 0 aliphatic heterocycles. The fourth-order valence-electron chi connectivity index (χ4n) is 1.23. The molecule has 1 aromatic carbocycles. The standard InChI is InChI=1S/C11H15NO3.CH4.B.2H2O.Pd.H2/c1-14-9-5-3-8(4-6-9)10(12)7-11(13)15-2;;;;;;/h3-6,10H,7,12H2,1-2H3;1H4;;2*1H2;;1H/t10-;;;;;;/m0....../s1. The van der Waals surface area contributed by atoms with Gasteiger partial charge in [-0.15, -0.1) is 0 Å². The van der Waals surface area contributed by atoms with Crippen molar-refractivity contribution < 1.29 is 47.1 Å². The van der Waals surface area contributed by atoms with Gasteiger partial charge in [0.2, 0.25) is 0 Å². The molecule has 0 spiro atoms. The van der Waals surface area contributed by atoms with Crippen LogP contribution >= 0.6 is 0 Å². The molecule has 1 aromatic rings. The zero-order valence-corrected chi connectivity index (χ0v) is 12.3. The number of rotatable bonds is 4. The molecule has 0 aliphatic carbocycles. The van der Waals surface area contributed by atoms with Crippen molar-refractivity contribution in [1.82, 2.24) is 0 Å². The molecule has 0 bridgehead atoms. The third-order valence-corrected chi connectivity index (χ3v) is 2.16. The zero-order chi connectivity index (χ0) is 11.3. The van der Waals surface area contributed by atoms with Crippen molar-refractivity contribution in [3.63, 3.8) is 0 Å². The predicted octanol–water partition coefficient (Wildman–Crippen LogP) is 0.108. The third kappa shape index (κ3) is 9.95. The van der Waals surface area contributed by atoms with Crippen LogP contribution in [0.2, 0.25) is 0 Å². The summed E-state index contributed by atoms with van der Waals surface area (Å²) in [6.45, 7) is 0. The van der Waals surface area contributed by atoms with Gasteiger partial charge in [-0.1, -0.05) is 19.6 Å². The fourth-order valence-corrected chi connectivity index (χ4v) is 1.23. The van der Waals surface area contributed by atoms with Gasteiger partial charge < -0.3 is 26.2 Å². The summed E-state index contributed by atoms with van der Waals surface area (Å²) in [6.07, 6.45) is 0.183. The first-order chi connectivity index (χ1) is 7.17. The Morgan fingerprint density at radius 1 is 1.25 bits per heavy atom. The summed E-state index contributed by atoms with van der Waals surface area (Å²) >= 11 is 0. The Morgan fingerprint density at radius 2 is 1.70 bits per heavy atom. The topological polar surface area (TPSA) is 125 Å². The maximum atomic E-state index is 11.0. The molecule has 0 unspecified atom stereocenters. The van der Waals surface area contributed by atoms with E-state index in [1.54, 1.807) is 7.11 Å². The Labute approximate surface area is 137 Å². The van der Waals surface area contributed by atoms with Crippen LogP contribution in [0.25, 0.3) is 0 Å². The van der Waals surface area contributed by atoms with Crippen molar-refractivity contribution in [2.24, 2.45) is 5.73 Å². The van der Waals surface area contributed by atoms with Gasteiger partial charge in [0, 0.05) is 36.3 Å². The first kappa shape index (κ1) is 31.5. The number of benzene rings is 1. The number of carbonyl (C=O) groups is 1. The van der Waals surface area contributed by atoms with Crippen LogP contribution in [-0.2, 0) is 30.0 Å². The number of hydrogen-bond acceptors (Lipinski definition) is 4. The summed E-state index contributed by atoms with van der Waals surface area (Å²) in [5.41, 5.74) is 6.71. The van der Waals surface area contributed by atoms with E-state index in [2.05, 4.69) is 4.74 Å².